The second kappa shape index (κ2) is 5.02. The molecule has 2 heteroatoms. The maximum Gasteiger partial charge on any atom is 0.0468 e. The third kappa shape index (κ3) is 2.60. The number of hydrogen-bond donors (Lipinski definition) is 1. The standard InChI is InChI=1S/C16H23NO/c1-18-9-8-16(6-7-16)12-17-15-10-13-4-2-3-5-14(13)11-15/h2-5,15,17H,6-12H2,1H3. The molecular formula is C16H23NO. The van der Waals surface area contributed by atoms with Crippen molar-refractivity contribution in [3.63, 3.8) is 0 Å². The highest BCUT2D eigenvalue weighted by Gasteiger charge is 2.42. The molecule has 0 atom stereocenters. The first-order valence-electron chi connectivity index (χ1n) is 7.10. The molecule has 0 amide bonds. The average Bonchev–Trinajstić information content (AvgIpc) is 3.04. The molecule has 3 rings (SSSR count). The number of ether oxygens (including phenoxy) is 1. The van der Waals surface area contributed by atoms with Crippen LogP contribution in [0.2, 0.25) is 0 Å². The number of hydrogen-bond acceptors (Lipinski definition) is 2. The second-order valence-corrected chi connectivity index (χ2v) is 6.00. The van der Waals surface area contributed by atoms with Crippen LogP contribution in [0.15, 0.2) is 24.3 Å². The Labute approximate surface area is 110 Å². The monoisotopic (exact) mass is 245 g/mol. The lowest BCUT2D eigenvalue weighted by atomic mass is 10.0. The lowest BCUT2D eigenvalue weighted by Crippen LogP contribution is -2.35. The molecule has 0 aliphatic heterocycles. The van der Waals surface area contributed by atoms with Crippen molar-refractivity contribution in [3.05, 3.63) is 35.4 Å². The first kappa shape index (κ1) is 12.2. The maximum atomic E-state index is 5.21. The molecule has 2 nitrogen and oxygen atoms in total. The SMILES string of the molecule is COCCC1(CNC2Cc3ccccc3C2)CC1. The van der Waals surface area contributed by atoms with Crippen LogP contribution in [0.1, 0.15) is 30.4 Å². The molecule has 1 aromatic carbocycles. The van der Waals surface area contributed by atoms with Gasteiger partial charge < -0.3 is 10.1 Å². The Hall–Kier alpha value is -0.860. The van der Waals surface area contributed by atoms with Crippen LogP contribution >= 0.6 is 0 Å². The lowest BCUT2D eigenvalue weighted by molar-refractivity contribution is 0.170. The first-order chi connectivity index (χ1) is 8.81. The lowest BCUT2D eigenvalue weighted by Gasteiger charge is -2.19. The molecule has 2 aliphatic rings. The summed E-state index contributed by atoms with van der Waals surface area (Å²) in [4.78, 5) is 0. The van der Waals surface area contributed by atoms with Crippen LogP contribution in [0.25, 0.3) is 0 Å². The molecule has 0 heterocycles. The van der Waals surface area contributed by atoms with E-state index in [1.165, 1.54) is 49.8 Å². The average molecular weight is 245 g/mol. The zero-order chi connectivity index (χ0) is 12.4. The van der Waals surface area contributed by atoms with E-state index in [1.807, 2.05) is 0 Å². The van der Waals surface area contributed by atoms with Crippen LogP contribution in [0.3, 0.4) is 0 Å². The highest BCUT2D eigenvalue weighted by molar-refractivity contribution is 5.33. The quantitative estimate of drug-likeness (QED) is 0.831. The molecule has 18 heavy (non-hydrogen) atoms. The molecule has 0 radical (unpaired) electrons. The molecule has 1 aromatic rings. The van der Waals surface area contributed by atoms with E-state index >= 15 is 0 Å². The van der Waals surface area contributed by atoms with Gasteiger partial charge in [-0.25, -0.2) is 0 Å². The predicted octanol–water partition coefficient (Wildman–Crippen LogP) is 2.56. The smallest absolute Gasteiger partial charge is 0.0468 e. The fourth-order valence-corrected chi connectivity index (χ4v) is 3.07. The highest BCUT2D eigenvalue weighted by Crippen LogP contribution is 2.48. The van der Waals surface area contributed by atoms with Gasteiger partial charge in [-0.2, -0.15) is 0 Å². The summed E-state index contributed by atoms with van der Waals surface area (Å²) >= 11 is 0. The van der Waals surface area contributed by atoms with Crippen LogP contribution in [-0.2, 0) is 17.6 Å². The van der Waals surface area contributed by atoms with Crippen LogP contribution in [-0.4, -0.2) is 26.3 Å². The van der Waals surface area contributed by atoms with E-state index in [9.17, 15) is 0 Å². The van der Waals surface area contributed by atoms with Crippen molar-refractivity contribution in [2.24, 2.45) is 5.41 Å². The van der Waals surface area contributed by atoms with Crippen molar-refractivity contribution in [3.8, 4) is 0 Å². The van der Waals surface area contributed by atoms with Gasteiger partial charge in [0.15, 0.2) is 0 Å². The molecule has 1 fully saturated rings. The predicted molar refractivity (Wildman–Crippen MR) is 73.8 cm³/mol. The van der Waals surface area contributed by atoms with Gasteiger partial charge in [0.2, 0.25) is 0 Å². The molecule has 0 unspecified atom stereocenters. The Morgan fingerprint density at radius 2 is 1.89 bits per heavy atom. The highest BCUT2D eigenvalue weighted by atomic mass is 16.5. The summed E-state index contributed by atoms with van der Waals surface area (Å²) in [5, 5.41) is 3.78. The number of rotatable bonds is 6. The van der Waals surface area contributed by atoms with Crippen LogP contribution < -0.4 is 5.32 Å². The van der Waals surface area contributed by atoms with Gasteiger partial charge in [-0.05, 0) is 48.6 Å². The molecule has 1 N–H and O–H groups in total. The molecule has 1 saturated carbocycles. The summed E-state index contributed by atoms with van der Waals surface area (Å²) in [6.45, 7) is 2.08. The van der Waals surface area contributed by atoms with Crippen molar-refractivity contribution in [2.75, 3.05) is 20.3 Å². The van der Waals surface area contributed by atoms with E-state index in [0.717, 1.165) is 6.61 Å². The Bertz CT molecular complexity index is 386. The summed E-state index contributed by atoms with van der Waals surface area (Å²) in [5.41, 5.74) is 3.64. The van der Waals surface area contributed by atoms with E-state index in [1.54, 1.807) is 7.11 Å². The minimum atomic E-state index is 0.560. The summed E-state index contributed by atoms with van der Waals surface area (Å²) < 4.78 is 5.21. The van der Waals surface area contributed by atoms with Gasteiger partial charge in [-0.3, -0.25) is 0 Å². The van der Waals surface area contributed by atoms with Gasteiger partial charge in [0, 0.05) is 26.3 Å². The molecule has 0 spiro atoms. The van der Waals surface area contributed by atoms with Gasteiger partial charge in [0.1, 0.15) is 0 Å². The molecule has 2 aliphatic carbocycles. The van der Waals surface area contributed by atoms with Gasteiger partial charge in [0.25, 0.3) is 0 Å². The Morgan fingerprint density at radius 1 is 1.22 bits per heavy atom. The van der Waals surface area contributed by atoms with Gasteiger partial charge >= 0.3 is 0 Å². The van der Waals surface area contributed by atoms with Crippen molar-refractivity contribution < 1.29 is 4.74 Å². The summed E-state index contributed by atoms with van der Waals surface area (Å²) in [6.07, 6.45) is 6.38. The minimum Gasteiger partial charge on any atom is -0.385 e. The third-order valence-electron chi connectivity index (χ3n) is 4.61. The second-order valence-electron chi connectivity index (χ2n) is 6.00. The Morgan fingerprint density at radius 3 is 2.44 bits per heavy atom. The van der Waals surface area contributed by atoms with E-state index in [0.29, 0.717) is 11.5 Å². The molecule has 98 valence electrons. The first-order valence-corrected chi connectivity index (χ1v) is 7.10. The molecule has 0 saturated heterocycles. The van der Waals surface area contributed by atoms with Crippen LogP contribution in [0, 0.1) is 5.41 Å². The summed E-state index contributed by atoms with van der Waals surface area (Å²) in [5.74, 6) is 0. The summed E-state index contributed by atoms with van der Waals surface area (Å²) in [6, 6.07) is 9.51. The number of nitrogens with one attached hydrogen (secondary N) is 1. The van der Waals surface area contributed by atoms with E-state index < -0.39 is 0 Å². The van der Waals surface area contributed by atoms with E-state index in [2.05, 4.69) is 29.6 Å². The Kier molecular flexibility index (Phi) is 3.40. The van der Waals surface area contributed by atoms with E-state index in [-0.39, 0.29) is 0 Å². The third-order valence-corrected chi connectivity index (χ3v) is 4.61. The van der Waals surface area contributed by atoms with Gasteiger partial charge in [0.05, 0.1) is 0 Å². The minimum absolute atomic E-state index is 0.560. The van der Waals surface area contributed by atoms with Crippen LogP contribution in [0.5, 0.6) is 0 Å². The number of methoxy groups -OCH3 is 1. The van der Waals surface area contributed by atoms with E-state index in [4.69, 9.17) is 4.74 Å². The number of fused-ring (bicyclic) bond motifs is 1. The molecular weight excluding hydrogens is 222 g/mol. The molecule has 0 aromatic heterocycles. The summed E-state index contributed by atoms with van der Waals surface area (Å²) in [7, 11) is 1.80. The van der Waals surface area contributed by atoms with Gasteiger partial charge in [-0.1, -0.05) is 24.3 Å². The van der Waals surface area contributed by atoms with Crippen molar-refractivity contribution in [1.82, 2.24) is 5.32 Å². The molecule has 0 bridgehead atoms. The zero-order valence-corrected chi connectivity index (χ0v) is 11.2. The largest absolute Gasteiger partial charge is 0.385 e. The van der Waals surface area contributed by atoms with Crippen molar-refractivity contribution in [1.29, 1.82) is 0 Å². The van der Waals surface area contributed by atoms with Crippen LogP contribution in [0.4, 0.5) is 0 Å². The van der Waals surface area contributed by atoms with Crippen molar-refractivity contribution >= 4 is 0 Å². The fourth-order valence-electron chi connectivity index (χ4n) is 3.07. The van der Waals surface area contributed by atoms with Gasteiger partial charge in [-0.15, -0.1) is 0 Å². The fraction of sp³-hybridized carbons (Fsp3) is 0.625. The maximum absolute atomic E-state index is 5.21. The topological polar surface area (TPSA) is 21.3 Å². The Balaban J connectivity index is 1.49. The van der Waals surface area contributed by atoms with Crippen molar-refractivity contribution in [2.45, 2.75) is 38.1 Å². The normalized spacial score (nSPS) is 20.9. The number of benzene rings is 1. The zero-order valence-electron chi connectivity index (χ0n) is 11.2.